The maximum absolute atomic E-state index is 12.2. The van der Waals surface area contributed by atoms with Gasteiger partial charge in [-0.05, 0) is 24.3 Å². The molecule has 0 aliphatic carbocycles. The minimum absolute atomic E-state index is 0.00943. The standard InChI is InChI=1S/C17H10N6O3S2/c18-5-9-3-10(6-19)15(23-14(9)20)27-7-13(24)22-17-21-11-2-1-8(16(25)26)4-12(11)28-17/h1-4H,7H2,(H2,20,23)(H,25,26)(H,21,22,24). The lowest BCUT2D eigenvalue weighted by atomic mass is 10.2. The van der Waals surface area contributed by atoms with Crippen LogP contribution in [0.1, 0.15) is 21.5 Å². The number of aromatic nitrogens is 2. The molecule has 0 saturated carbocycles. The molecule has 0 atom stereocenters. The molecule has 11 heteroatoms. The number of thiazole rings is 1. The molecular formula is C17H10N6O3S2. The minimum Gasteiger partial charge on any atom is -0.478 e. The smallest absolute Gasteiger partial charge is 0.335 e. The molecule has 3 rings (SSSR count). The van der Waals surface area contributed by atoms with E-state index in [2.05, 4.69) is 15.3 Å². The number of nitriles is 2. The van der Waals surface area contributed by atoms with E-state index in [9.17, 15) is 9.59 Å². The van der Waals surface area contributed by atoms with Gasteiger partial charge < -0.3 is 16.2 Å². The number of carbonyl (C=O) groups is 2. The molecule has 0 radical (unpaired) electrons. The van der Waals surface area contributed by atoms with Gasteiger partial charge in [-0.15, -0.1) is 0 Å². The van der Waals surface area contributed by atoms with Gasteiger partial charge in [-0.2, -0.15) is 10.5 Å². The number of hydrogen-bond donors (Lipinski definition) is 3. The number of benzene rings is 1. The van der Waals surface area contributed by atoms with Gasteiger partial charge >= 0.3 is 5.97 Å². The lowest BCUT2D eigenvalue weighted by Crippen LogP contribution is -2.14. The van der Waals surface area contributed by atoms with Crippen molar-refractivity contribution >= 4 is 56.1 Å². The number of pyridine rings is 1. The largest absolute Gasteiger partial charge is 0.478 e. The van der Waals surface area contributed by atoms with Crippen molar-refractivity contribution < 1.29 is 14.7 Å². The normalized spacial score (nSPS) is 10.2. The van der Waals surface area contributed by atoms with Crippen LogP contribution in [-0.4, -0.2) is 32.7 Å². The predicted molar refractivity (Wildman–Crippen MR) is 104 cm³/mol. The van der Waals surface area contributed by atoms with Gasteiger partial charge in [0.25, 0.3) is 0 Å². The highest BCUT2D eigenvalue weighted by Gasteiger charge is 2.14. The average molecular weight is 410 g/mol. The van der Waals surface area contributed by atoms with Crippen molar-refractivity contribution in [1.29, 1.82) is 10.5 Å². The number of fused-ring (bicyclic) bond motifs is 1. The van der Waals surface area contributed by atoms with Gasteiger partial charge in [0.2, 0.25) is 5.91 Å². The molecule has 9 nitrogen and oxygen atoms in total. The third kappa shape index (κ3) is 4.01. The summed E-state index contributed by atoms with van der Waals surface area (Å²) >= 11 is 2.16. The first-order chi connectivity index (χ1) is 13.4. The van der Waals surface area contributed by atoms with Crippen LogP contribution in [0.3, 0.4) is 0 Å². The highest BCUT2D eigenvalue weighted by Crippen LogP contribution is 2.28. The molecule has 28 heavy (non-hydrogen) atoms. The van der Waals surface area contributed by atoms with Crippen molar-refractivity contribution in [2.75, 3.05) is 16.8 Å². The van der Waals surface area contributed by atoms with E-state index >= 15 is 0 Å². The Morgan fingerprint density at radius 2 is 1.96 bits per heavy atom. The highest BCUT2D eigenvalue weighted by atomic mass is 32.2. The molecule has 0 unspecified atom stereocenters. The lowest BCUT2D eigenvalue weighted by molar-refractivity contribution is -0.113. The van der Waals surface area contributed by atoms with Crippen LogP contribution in [0.15, 0.2) is 29.3 Å². The first-order valence-electron chi connectivity index (χ1n) is 7.58. The first-order valence-corrected chi connectivity index (χ1v) is 9.38. The summed E-state index contributed by atoms with van der Waals surface area (Å²) in [6, 6.07) is 9.60. The number of nitrogens with zero attached hydrogens (tertiary/aromatic N) is 4. The number of nitrogens with one attached hydrogen (secondary N) is 1. The average Bonchev–Trinajstić information content (AvgIpc) is 3.07. The predicted octanol–water partition coefficient (Wildman–Crippen LogP) is 2.45. The van der Waals surface area contributed by atoms with Gasteiger partial charge in [0.15, 0.2) is 5.13 Å². The monoisotopic (exact) mass is 410 g/mol. The zero-order chi connectivity index (χ0) is 20.3. The zero-order valence-corrected chi connectivity index (χ0v) is 15.6. The van der Waals surface area contributed by atoms with Crippen LogP contribution in [0.5, 0.6) is 0 Å². The lowest BCUT2D eigenvalue weighted by Gasteiger charge is -2.05. The van der Waals surface area contributed by atoms with Gasteiger partial charge in [0.1, 0.15) is 23.0 Å². The topological polar surface area (TPSA) is 166 Å². The van der Waals surface area contributed by atoms with Crippen LogP contribution in [-0.2, 0) is 4.79 Å². The van der Waals surface area contributed by atoms with E-state index < -0.39 is 5.97 Å². The number of carbonyl (C=O) groups excluding carboxylic acids is 1. The molecule has 0 saturated heterocycles. The van der Waals surface area contributed by atoms with Crippen LogP contribution in [0.2, 0.25) is 0 Å². The van der Waals surface area contributed by atoms with E-state index in [0.29, 0.717) is 15.3 Å². The molecule has 3 aromatic rings. The van der Waals surface area contributed by atoms with Crippen LogP contribution in [0.4, 0.5) is 10.9 Å². The molecule has 0 fully saturated rings. The summed E-state index contributed by atoms with van der Waals surface area (Å²) in [5, 5.41) is 30.3. The Bertz CT molecular complexity index is 1190. The Balaban J connectivity index is 1.71. The Morgan fingerprint density at radius 1 is 1.21 bits per heavy atom. The maximum Gasteiger partial charge on any atom is 0.335 e. The fourth-order valence-electron chi connectivity index (χ4n) is 2.19. The van der Waals surface area contributed by atoms with Gasteiger partial charge in [0.05, 0.1) is 32.7 Å². The number of amides is 1. The number of rotatable bonds is 5. The summed E-state index contributed by atoms with van der Waals surface area (Å²) in [4.78, 5) is 31.5. The second-order valence-electron chi connectivity index (χ2n) is 5.34. The zero-order valence-electron chi connectivity index (χ0n) is 14.0. The fourth-order valence-corrected chi connectivity index (χ4v) is 3.87. The number of thioether (sulfide) groups is 1. The summed E-state index contributed by atoms with van der Waals surface area (Å²) in [5.41, 5.74) is 6.62. The van der Waals surface area contributed by atoms with Crippen molar-refractivity contribution in [2.24, 2.45) is 0 Å². The highest BCUT2D eigenvalue weighted by molar-refractivity contribution is 8.00. The molecule has 2 heterocycles. The molecule has 4 N–H and O–H groups in total. The second-order valence-corrected chi connectivity index (χ2v) is 7.34. The number of hydrogen-bond acceptors (Lipinski definition) is 9. The van der Waals surface area contributed by atoms with E-state index in [4.69, 9.17) is 21.4 Å². The van der Waals surface area contributed by atoms with Crippen molar-refractivity contribution in [1.82, 2.24) is 9.97 Å². The van der Waals surface area contributed by atoms with Crippen molar-refractivity contribution in [3.05, 3.63) is 41.0 Å². The molecule has 138 valence electrons. The van der Waals surface area contributed by atoms with E-state index in [-0.39, 0.29) is 39.2 Å². The Kier molecular flexibility index (Phi) is 5.40. The number of aromatic carboxylic acids is 1. The summed E-state index contributed by atoms with van der Waals surface area (Å²) in [6.07, 6.45) is 0. The summed E-state index contributed by atoms with van der Waals surface area (Å²) in [5.74, 6) is -1.48. The molecule has 0 aliphatic heterocycles. The van der Waals surface area contributed by atoms with E-state index in [1.54, 1.807) is 6.07 Å². The third-order valence-corrected chi connectivity index (χ3v) is 5.40. The summed E-state index contributed by atoms with van der Waals surface area (Å²) in [7, 11) is 0. The maximum atomic E-state index is 12.2. The molecule has 1 amide bonds. The van der Waals surface area contributed by atoms with E-state index in [1.165, 1.54) is 18.2 Å². The Morgan fingerprint density at radius 3 is 2.64 bits per heavy atom. The van der Waals surface area contributed by atoms with Gasteiger partial charge in [-0.25, -0.2) is 14.8 Å². The summed E-state index contributed by atoms with van der Waals surface area (Å²) in [6.45, 7) is 0. The molecule has 0 aliphatic rings. The minimum atomic E-state index is -1.04. The van der Waals surface area contributed by atoms with E-state index in [1.807, 2.05) is 12.1 Å². The van der Waals surface area contributed by atoms with Crippen LogP contribution < -0.4 is 11.1 Å². The van der Waals surface area contributed by atoms with Gasteiger partial charge in [-0.1, -0.05) is 23.1 Å². The molecule has 0 spiro atoms. The van der Waals surface area contributed by atoms with Crippen LogP contribution in [0, 0.1) is 22.7 Å². The number of nitrogens with two attached hydrogens (primary N) is 1. The first kappa shape index (κ1) is 19.1. The SMILES string of the molecule is N#Cc1cc(C#N)c(SCC(=O)Nc2nc3ccc(C(=O)O)cc3s2)nc1N. The van der Waals surface area contributed by atoms with Crippen molar-refractivity contribution in [3.63, 3.8) is 0 Å². The second kappa shape index (κ2) is 7.92. The van der Waals surface area contributed by atoms with Crippen LogP contribution in [0.25, 0.3) is 10.2 Å². The Hall–Kier alpha value is -3.67. The Labute approximate surface area is 166 Å². The van der Waals surface area contributed by atoms with Gasteiger partial charge in [-0.3, -0.25) is 4.79 Å². The third-order valence-electron chi connectivity index (χ3n) is 3.48. The molecular weight excluding hydrogens is 400 g/mol. The molecule has 2 aromatic heterocycles. The van der Waals surface area contributed by atoms with Crippen LogP contribution >= 0.6 is 23.1 Å². The van der Waals surface area contributed by atoms with Crippen molar-refractivity contribution in [3.8, 4) is 12.1 Å². The van der Waals surface area contributed by atoms with Crippen molar-refractivity contribution in [2.45, 2.75) is 5.03 Å². The molecule has 1 aromatic carbocycles. The number of carboxylic acid groups (broad SMARTS) is 1. The number of carboxylic acids is 1. The molecule has 0 bridgehead atoms. The number of nitrogen functional groups attached to an aromatic ring is 1. The van der Waals surface area contributed by atoms with Gasteiger partial charge in [0, 0.05) is 0 Å². The quantitative estimate of drug-likeness (QED) is 0.535. The van der Waals surface area contributed by atoms with E-state index in [0.717, 1.165) is 23.1 Å². The summed E-state index contributed by atoms with van der Waals surface area (Å²) < 4.78 is 0.635. The fraction of sp³-hybridized carbons (Fsp3) is 0.0588. The number of anilines is 2.